The number of rotatable bonds is 1. The molecule has 0 aliphatic carbocycles. The van der Waals surface area contributed by atoms with E-state index in [2.05, 4.69) is 4.74 Å². The topological polar surface area (TPSA) is 66.8 Å². The van der Waals surface area contributed by atoms with Crippen LogP contribution < -0.4 is 0 Å². The largest absolute Gasteiger partial charge is 0.508 e. The molecule has 0 aliphatic rings. The van der Waals surface area contributed by atoms with E-state index in [9.17, 15) is 0 Å². The fraction of sp³-hybridized carbons (Fsp3) is 0.125. The molecule has 4 nitrogen and oxygen atoms in total. The zero-order valence-corrected chi connectivity index (χ0v) is 6.60. The van der Waals surface area contributed by atoms with E-state index < -0.39 is 0 Å². The van der Waals surface area contributed by atoms with Gasteiger partial charge in [0.2, 0.25) is 0 Å². The van der Waals surface area contributed by atoms with E-state index in [1.165, 1.54) is 25.3 Å². The molecule has 0 bridgehead atoms. The first-order chi connectivity index (χ1) is 5.70. The normalized spacial score (nSPS) is 7.75. The van der Waals surface area contributed by atoms with Crippen molar-refractivity contribution in [2.75, 3.05) is 7.11 Å². The summed E-state index contributed by atoms with van der Waals surface area (Å²) in [5, 5.41) is 17.3. The predicted molar refractivity (Wildman–Crippen MR) is 42.8 cm³/mol. The maximum Gasteiger partial charge on any atom is 0.292 e. The van der Waals surface area contributed by atoms with Crippen LogP contribution in [0.1, 0.15) is 0 Å². The van der Waals surface area contributed by atoms with Gasteiger partial charge in [0.1, 0.15) is 11.5 Å². The monoisotopic (exact) mass is 170 g/mol. The average Bonchev–Trinajstić information content (AvgIpc) is 2.04. The van der Waals surface area contributed by atoms with Crippen molar-refractivity contribution in [3.63, 3.8) is 0 Å². The van der Waals surface area contributed by atoms with Crippen molar-refractivity contribution in [1.82, 2.24) is 0 Å². The lowest BCUT2D eigenvalue weighted by Crippen LogP contribution is -1.68. The molecule has 0 aromatic heterocycles. The van der Waals surface area contributed by atoms with Crippen LogP contribution in [-0.2, 0) is 9.53 Å². The van der Waals surface area contributed by atoms with Gasteiger partial charge in [0, 0.05) is 6.07 Å². The molecular formula is C8H10O4. The zero-order chi connectivity index (χ0) is 9.40. The minimum atomic E-state index is 0.0880. The first-order valence-corrected chi connectivity index (χ1v) is 3.15. The second-order valence-electron chi connectivity index (χ2n) is 1.85. The second-order valence-corrected chi connectivity index (χ2v) is 1.85. The Morgan fingerprint density at radius 1 is 1.33 bits per heavy atom. The molecule has 0 fully saturated rings. The van der Waals surface area contributed by atoms with Crippen LogP contribution in [-0.4, -0.2) is 23.8 Å². The summed E-state index contributed by atoms with van der Waals surface area (Å²) < 4.78 is 3.86. The Bertz CT molecular complexity index is 217. The van der Waals surface area contributed by atoms with Crippen LogP contribution in [0.25, 0.3) is 0 Å². The minimum Gasteiger partial charge on any atom is -0.508 e. The Hall–Kier alpha value is -1.71. The number of benzene rings is 1. The molecule has 0 heterocycles. The Morgan fingerprint density at radius 3 is 1.92 bits per heavy atom. The van der Waals surface area contributed by atoms with E-state index in [1.54, 1.807) is 6.07 Å². The van der Waals surface area contributed by atoms with Crippen molar-refractivity contribution in [2.24, 2.45) is 0 Å². The predicted octanol–water partition coefficient (Wildman–Crippen LogP) is 0.887. The minimum absolute atomic E-state index is 0.0880. The third-order valence-corrected chi connectivity index (χ3v) is 0.926. The van der Waals surface area contributed by atoms with Crippen LogP contribution in [0, 0.1) is 0 Å². The van der Waals surface area contributed by atoms with Crippen LogP contribution in [0.4, 0.5) is 0 Å². The molecular weight excluding hydrogens is 160 g/mol. The van der Waals surface area contributed by atoms with Gasteiger partial charge in [-0.15, -0.1) is 0 Å². The highest BCUT2D eigenvalue weighted by Gasteiger charge is 1.85. The average molecular weight is 170 g/mol. The van der Waals surface area contributed by atoms with E-state index in [0.29, 0.717) is 6.47 Å². The Morgan fingerprint density at radius 2 is 1.75 bits per heavy atom. The van der Waals surface area contributed by atoms with Crippen molar-refractivity contribution in [3.05, 3.63) is 24.3 Å². The molecule has 0 amide bonds. The molecule has 66 valence electrons. The summed E-state index contributed by atoms with van der Waals surface area (Å²) in [6.07, 6.45) is 0. The van der Waals surface area contributed by atoms with Crippen LogP contribution in [0.2, 0.25) is 0 Å². The lowest BCUT2D eigenvalue weighted by Gasteiger charge is -1.89. The summed E-state index contributed by atoms with van der Waals surface area (Å²) in [6, 6.07) is 5.85. The molecule has 0 atom stereocenters. The molecule has 12 heavy (non-hydrogen) atoms. The van der Waals surface area contributed by atoms with Crippen LogP contribution in [0.3, 0.4) is 0 Å². The summed E-state index contributed by atoms with van der Waals surface area (Å²) in [5.74, 6) is 0.176. The number of methoxy groups -OCH3 is 1. The first kappa shape index (κ1) is 10.3. The third kappa shape index (κ3) is 5.10. The van der Waals surface area contributed by atoms with Gasteiger partial charge in [-0.2, -0.15) is 0 Å². The quantitative estimate of drug-likeness (QED) is 0.614. The van der Waals surface area contributed by atoms with Crippen molar-refractivity contribution in [1.29, 1.82) is 0 Å². The molecule has 1 aromatic carbocycles. The first-order valence-electron chi connectivity index (χ1n) is 3.15. The van der Waals surface area contributed by atoms with Crippen LogP contribution >= 0.6 is 0 Å². The van der Waals surface area contributed by atoms with E-state index in [1.807, 2.05) is 0 Å². The Labute approximate surface area is 70.0 Å². The summed E-state index contributed by atoms with van der Waals surface area (Å²) in [7, 11) is 1.31. The van der Waals surface area contributed by atoms with Gasteiger partial charge < -0.3 is 14.9 Å². The number of carbonyl (C=O) groups excluding carboxylic acids is 1. The van der Waals surface area contributed by atoms with Gasteiger partial charge in [0.25, 0.3) is 6.47 Å². The number of phenols is 2. The maximum absolute atomic E-state index is 8.95. The Balaban J connectivity index is 0.000000261. The maximum atomic E-state index is 8.95. The number of hydrogen-bond donors (Lipinski definition) is 2. The molecule has 0 spiro atoms. The van der Waals surface area contributed by atoms with E-state index in [0.717, 1.165) is 0 Å². The SMILES string of the molecule is COC=O.Oc1cccc(O)c1. The zero-order valence-electron chi connectivity index (χ0n) is 6.60. The standard InChI is InChI=1S/C6H6O2.C2H4O2/c7-5-2-1-3-6(8)4-5;1-4-2-3/h1-4,7-8H;2H,1H3. The summed E-state index contributed by atoms with van der Waals surface area (Å²) in [6.45, 7) is 0.375. The van der Waals surface area contributed by atoms with Gasteiger partial charge in [0.05, 0.1) is 7.11 Å². The molecule has 0 saturated heterocycles. The summed E-state index contributed by atoms with van der Waals surface area (Å²) in [5.41, 5.74) is 0. The molecule has 1 aromatic rings. The molecule has 0 radical (unpaired) electrons. The summed E-state index contributed by atoms with van der Waals surface area (Å²) in [4.78, 5) is 8.95. The number of aromatic hydroxyl groups is 2. The molecule has 0 aliphatic heterocycles. The smallest absolute Gasteiger partial charge is 0.292 e. The van der Waals surface area contributed by atoms with Crippen molar-refractivity contribution in [3.8, 4) is 11.5 Å². The molecule has 2 N–H and O–H groups in total. The van der Waals surface area contributed by atoms with Crippen molar-refractivity contribution < 1.29 is 19.7 Å². The number of hydrogen-bond acceptors (Lipinski definition) is 4. The highest BCUT2D eigenvalue weighted by Crippen LogP contribution is 2.14. The van der Waals surface area contributed by atoms with Gasteiger partial charge in [-0.1, -0.05) is 6.07 Å². The van der Waals surface area contributed by atoms with Gasteiger partial charge in [0.15, 0.2) is 0 Å². The van der Waals surface area contributed by atoms with Crippen LogP contribution in [0.5, 0.6) is 11.5 Å². The van der Waals surface area contributed by atoms with Crippen LogP contribution in [0.15, 0.2) is 24.3 Å². The number of carbonyl (C=O) groups is 1. The van der Waals surface area contributed by atoms with Gasteiger partial charge in [-0.05, 0) is 12.1 Å². The molecule has 4 heteroatoms. The Kier molecular flexibility index (Phi) is 5.17. The van der Waals surface area contributed by atoms with E-state index in [-0.39, 0.29) is 11.5 Å². The fourth-order valence-corrected chi connectivity index (χ4v) is 0.493. The fourth-order valence-electron chi connectivity index (χ4n) is 0.493. The summed E-state index contributed by atoms with van der Waals surface area (Å²) >= 11 is 0. The lowest BCUT2D eigenvalue weighted by molar-refractivity contribution is -0.126. The van der Waals surface area contributed by atoms with Gasteiger partial charge >= 0.3 is 0 Å². The van der Waals surface area contributed by atoms with Gasteiger partial charge in [-0.3, -0.25) is 4.79 Å². The highest BCUT2D eigenvalue weighted by atomic mass is 16.5. The number of phenolic OH excluding ortho intramolecular Hbond substituents is 2. The second kappa shape index (κ2) is 6.03. The van der Waals surface area contributed by atoms with Gasteiger partial charge in [-0.25, -0.2) is 0 Å². The van der Waals surface area contributed by atoms with E-state index >= 15 is 0 Å². The lowest BCUT2D eigenvalue weighted by atomic mass is 10.3. The van der Waals surface area contributed by atoms with Crippen molar-refractivity contribution in [2.45, 2.75) is 0 Å². The third-order valence-electron chi connectivity index (χ3n) is 0.926. The molecule has 0 unspecified atom stereocenters. The van der Waals surface area contributed by atoms with Crippen molar-refractivity contribution >= 4 is 6.47 Å². The molecule has 0 saturated carbocycles. The molecule has 1 rings (SSSR count). The van der Waals surface area contributed by atoms with E-state index in [4.69, 9.17) is 15.0 Å². The highest BCUT2D eigenvalue weighted by molar-refractivity contribution is 5.36. The number of ether oxygens (including phenoxy) is 1.